The molecule has 236 valence electrons. The highest BCUT2D eigenvalue weighted by Gasteiger charge is 2.72. The highest BCUT2D eigenvalue weighted by molar-refractivity contribution is 5.38. The van der Waals surface area contributed by atoms with Crippen LogP contribution in [0.1, 0.15) is 98.3 Å². The number of alkyl halides is 6. The minimum absolute atomic E-state index is 0.00284. The van der Waals surface area contributed by atoms with Crippen LogP contribution in [-0.2, 0) is 0 Å². The zero-order valence-electron chi connectivity index (χ0n) is 24.5. The molecule has 6 atom stereocenters. The molecule has 0 bridgehead atoms. The summed E-state index contributed by atoms with van der Waals surface area (Å²) in [6.07, 6.45) is -7.00. The summed E-state index contributed by atoms with van der Waals surface area (Å²) in [6, 6.07) is 0. The van der Waals surface area contributed by atoms with E-state index in [0.29, 0.717) is 37.7 Å². The summed E-state index contributed by atoms with van der Waals surface area (Å²) >= 11 is 0. The van der Waals surface area contributed by atoms with Crippen molar-refractivity contribution in [1.82, 2.24) is 0 Å². The average Bonchev–Trinajstić information content (AvgIpc) is 3.16. The minimum atomic E-state index is -5.90. The number of rotatable bonds is 8. The van der Waals surface area contributed by atoms with E-state index in [1.807, 2.05) is 19.1 Å². The number of hydrogen-bond donors (Lipinski definition) is 4. The quantitative estimate of drug-likeness (QED) is 0.221. The van der Waals surface area contributed by atoms with E-state index in [1.165, 1.54) is 6.92 Å². The lowest BCUT2D eigenvalue weighted by molar-refractivity contribution is -0.378. The van der Waals surface area contributed by atoms with Crippen LogP contribution in [0.4, 0.5) is 26.3 Å². The van der Waals surface area contributed by atoms with E-state index in [9.17, 15) is 46.8 Å². The third-order valence-corrected chi connectivity index (χ3v) is 10.2. The van der Waals surface area contributed by atoms with Crippen LogP contribution in [-0.4, -0.2) is 56.2 Å². The number of hydrogen-bond acceptors (Lipinski definition) is 4. The van der Waals surface area contributed by atoms with Gasteiger partial charge in [0.1, 0.15) is 0 Å². The van der Waals surface area contributed by atoms with Crippen molar-refractivity contribution in [2.24, 2.45) is 22.7 Å². The molecule has 0 spiro atoms. The first-order valence-electron chi connectivity index (χ1n) is 14.6. The van der Waals surface area contributed by atoms with Gasteiger partial charge in [0.05, 0.1) is 17.8 Å². The first-order chi connectivity index (χ1) is 18.5. The molecule has 4 N–H and O–H groups in total. The fraction of sp³-hybridized carbons (Fsp3) is 0.806. The molecule has 3 saturated carbocycles. The highest BCUT2D eigenvalue weighted by Crippen LogP contribution is 2.65. The smallest absolute Gasteiger partial charge is 0.393 e. The fourth-order valence-electron chi connectivity index (χ4n) is 8.11. The van der Waals surface area contributed by atoms with Crippen molar-refractivity contribution in [3.8, 4) is 0 Å². The lowest BCUT2D eigenvalue weighted by Crippen LogP contribution is -2.60. The van der Waals surface area contributed by atoms with Gasteiger partial charge in [-0.1, -0.05) is 44.6 Å². The Bertz CT molecular complexity index is 1010. The zero-order chi connectivity index (χ0) is 31.2. The van der Waals surface area contributed by atoms with Crippen LogP contribution in [0.25, 0.3) is 0 Å². The summed E-state index contributed by atoms with van der Waals surface area (Å²) in [5.74, 6) is -0.592. The number of aliphatic hydroxyl groups is 4. The summed E-state index contributed by atoms with van der Waals surface area (Å²) in [4.78, 5) is 0. The van der Waals surface area contributed by atoms with Gasteiger partial charge in [-0.25, -0.2) is 0 Å². The van der Waals surface area contributed by atoms with E-state index in [-0.39, 0.29) is 31.6 Å². The fourth-order valence-corrected chi connectivity index (χ4v) is 8.11. The second-order valence-electron chi connectivity index (χ2n) is 14.0. The first-order valence-corrected chi connectivity index (χ1v) is 14.6. The number of allylic oxidation sites excluding steroid dienone is 3. The molecule has 4 nitrogen and oxygen atoms in total. The Morgan fingerprint density at radius 1 is 0.951 bits per heavy atom. The third kappa shape index (κ3) is 7.07. The van der Waals surface area contributed by atoms with E-state index >= 15 is 0 Å². The Hall–Kier alpha value is -1.36. The molecule has 0 radical (unpaired) electrons. The van der Waals surface area contributed by atoms with Crippen LogP contribution >= 0.6 is 0 Å². The molecule has 41 heavy (non-hydrogen) atoms. The second kappa shape index (κ2) is 11.6. The summed E-state index contributed by atoms with van der Waals surface area (Å²) in [6.45, 7) is 10.4. The van der Waals surface area contributed by atoms with Gasteiger partial charge in [-0.3, -0.25) is 0 Å². The van der Waals surface area contributed by atoms with Crippen molar-refractivity contribution in [1.29, 1.82) is 0 Å². The Morgan fingerprint density at radius 2 is 1.56 bits per heavy atom. The molecule has 3 rings (SSSR count). The molecule has 3 aliphatic rings. The molecule has 0 aliphatic heterocycles. The Labute approximate surface area is 239 Å². The lowest BCUT2D eigenvalue weighted by atomic mass is 9.54. The normalized spacial score (nSPS) is 33.8. The van der Waals surface area contributed by atoms with E-state index < -0.39 is 58.9 Å². The third-order valence-electron chi connectivity index (χ3n) is 10.2. The topological polar surface area (TPSA) is 80.9 Å². The number of fused-ring (bicyclic) bond motifs is 1. The molecule has 0 aromatic carbocycles. The van der Waals surface area contributed by atoms with Crippen molar-refractivity contribution in [3.63, 3.8) is 0 Å². The van der Waals surface area contributed by atoms with Gasteiger partial charge in [0.25, 0.3) is 5.60 Å². The van der Waals surface area contributed by atoms with Crippen molar-refractivity contribution in [2.75, 3.05) is 0 Å². The van der Waals surface area contributed by atoms with Crippen LogP contribution in [0, 0.1) is 22.7 Å². The summed E-state index contributed by atoms with van der Waals surface area (Å²) in [7, 11) is 0. The van der Waals surface area contributed by atoms with Gasteiger partial charge >= 0.3 is 12.4 Å². The molecule has 2 unspecified atom stereocenters. The van der Waals surface area contributed by atoms with Crippen LogP contribution in [0.3, 0.4) is 0 Å². The van der Waals surface area contributed by atoms with Crippen LogP contribution < -0.4 is 0 Å². The molecule has 3 fully saturated rings. The molecule has 10 heteroatoms. The van der Waals surface area contributed by atoms with Crippen LogP contribution in [0.15, 0.2) is 35.5 Å². The zero-order valence-corrected chi connectivity index (χ0v) is 24.5. The Kier molecular flexibility index (Phi) is 9.67. The van der Waals surface area contributed by atoms with Crippen molar-refractivity contribution < 1.29 is 46.8 Å². The summed E-state index contributed by atoms with van der Waals surface area (Å²) < 4.78 is 83.5. The maximum atomic E-state index is 13.9. The summed E-state index contributed by atoms with van der Waals surface area (Å²) in [5, 5.41) is 40.8. The maximum Gasteiger partial charge on any atom is 0.426 e. The standard InChI is InChI=1S/C31H46F6O4/c1-19-21(16-22(38)17-24(19)39)10-9-20-8-6-15-28(5)23(20)11-12-25(28)27(4,14-7-13-26(2,3)40)18-29(41,30(32,33)34)31(35,36)37/h9-10,22-25,38-41H,1,6-8,11-18H2,2-5H3/b20-9+,21-10-/t22-,23?,24+,25?,27-,28+/m1/s1. The van der Waals surface area contributed by atoms with Crippen molar-refractivity contribution in [3.05, 3.63) is 35.5 Å². The van der Waals surface area contributed by atoms with Crippen LogP contribution in [0.5, 0.6) is 0 Å². The average molecular weight is 597 g/mol. The van der Waals surface area contributed by atoms with Crippen molar-refractivity contribution >= 4 is 0 Å². The lowest BCUT2D eigenvalue weighted by Gasteiger charge is -2.51. The molecule has 3 aliphatic carbocycles. The predicted molar refractivity (Wildman–Crippen MR) is 145 cm³/mol. The molecule has 0 heterocycles. The van der Waals surface area contributed by atoms with E-state index in [1.54, 1.807) is 13.8 Å². The van der Waals surface area contributed by atoms with Gasteiger partial charge < -0.3 is 20.4 Å². The Balaban J connectivity index is 1.99. The molecular formula is C31H46F6O4. The Morgan fingerprint density at radius 3 is 2.12 bits per heavy atom. The van der Waals surface area contributed by atoms with Crippen LogP contribution in [0.2, 0.25) is 0 Å². The monoisotopic (exact) mass is 596 g/mol. The highest BCUT2D eigenvalue weighted by atomic mass is 19.4. The largest absolute Gasteiger partial charge is 0.426 e. The maximum absolute atomic E-state index is 13.9. The number of aliphatic hydroxyl groups excluding tert-OH is 2. The van der Waals surface area contributed by atoms with Gasteiger partial charge in [0.2, 0.25) is 0 Å². The summed E-state index contributed by atoms with van der Waals surface area (Å²) in [5.41, 5.74) is -5.77. The molecular weight excluding hydrogens is 550 g/mol. The van der Waals surface area contributed by atoms with E-state index in [4.69, 9.17) is 0 Å². The second-order valence-corrected chi connectivity index (χ2v) is 14.0. The van der Waals surface area contributed by atoms with E-state index in [2.05, 4.69) is 6.58 Å². The first kappa shape index (κ1) is 34.1. The molecule has 0 saturated heterocycles. The SMILES string of the molecule is C=C1/C(=C\C=C2/CCC[C@@]3(C)C2CCC3[C@](C)(CCCC(C)(C)O)CC(O)(C(F)(F)F)C(F)(F)F)C[C@@H](O)C[C@@H]1O. The van der Waals surface area contributed by atoms with Crippen molar-refractivity contribution in [2.45, 2.75) is 134 Å². The molecule has 0 amide bonds. The van der Waals surface area contributed by atoms with Gasteiger partial charge in [-0.2, -0.15) is 26.3 Å². The number of halogens is 6. The van der Waals surface area contributed by atoms with Gasteiger partial charge in [0, 0.05) is 6.42 Å². The molecule has 0 aromatic rings. The molecule has 0 aromatic heterocycles. The predicted octanol–water partition coefficient (Wildman–Crippen LogP) is 7.32. The van der Waals surface area contributed by atoms with Gasteiger partial charge in [-0.05, 0) is 105 Å². The van der Waals surface area contributed by atoms with Gasteiger partial charge in [-0.15, -0.1) is 0 Å². The minimum Gasteiger partial charge on any atom is -0.393 e. The van der Waals surface area contributed by atoms with Gasteiger partial charge in [0.15, 0.2) is 0 Å². The van der Waals surface area contributed by atoms with E-state index in [0.717, 1.165) is 17.6 Å².